The van der Waals surface area contributed by atoms with E-state index in [0.717, 1.165) is 37.1 Å². The van der Waals surface area contributed by atoms with Gasteiger partial charge in [0.25, 0.3) is 11.8 Å². The SMILES string of the molecule is Cc1ccc(C(=O)NC(C(=O)NCc2cccc(C(=O)N3CCCCC3)c2)C(C)C)cc1. The Morgan fingerprint density at radius 3 is 2.28 bits per heavy atom. The number of amides is 3. The summed E-state index contributed by atoms with van der Waals surface area (Å²) in [5.41, 5.74) is 3.10. The van der Waals surface area contributed by atoms with Crippen LogP contribution in [-0.4, -0.2) is 41.8 Å². The van der Waals surface area contributed by atoms with Crippen LogP contribution in [0.2, 0.25) is 0 Å². The molecular formula is C26H33N3O3. The Balaban J connectivity index is 1.60. The van der Waals surface area contributed by atoms with E-state index >= 15 is 0 Å². The maximum atomic E-state index is 12.8. The maximum absolute atomic E-state index is 12.8. The minimum Gasteiger partial charge on any atom is -0.350 e. The minimum absolute atomic E-state index is 0.0447. The summed E-state index contributed by atoms with van der Waals surface area (Å²) in [7, 11) is 0. The molecule has 1 saturated heterocycles. The number of nitrogens with zero attached hydrogens (tertiary/aromatic N) is 1. The van der Waals surface area contributed by atoms with E-state index in [1.165, 1.54) is 6.42 Å². The van der Waals surface area contributed by atoms with Gasteiger partial charge in [-0.3, -0.25) is 14.4 Å². The second kappa shape index (κ2) is 10.9. The summed E-state index contributed by atoms with van der Waals surface area (Å²) in [5.74, 6) is -0.541. The van der Waals surface area contributed by atoms with Gasteiger partial charge in [0.2, 0.25) is 5.91 Å². The highest BCUT2D eigenvalue weighted by Crippen LogP contribution is 2.15. The van der Waals surface area contributed by atoms with Crippen LogP contribution in [-0.2, 0) is 11.3 Å². The van der Waals surface area contributed by atoms with Crippen molar-refractivity contribution < 1.29 is 14.4 Å². The molecule has 2 aromatic rings. The fourth-order valence-electron chi connectivity index (χ4n) is 3.86. The molecule has 6 heteroatoms. The van der Waals surface area contributed by atoms with E-state index < -0.39 is 6.04 Å². The predicted molar refractivity (Wildman–Crippen MR) is 125 cm³/mol. The number of carbonyl (C=O) groups is 3. The van der Waals surface area contributed by atoms with Crippen molar-refractivity contribution in [2.24, 2.45) is 5.92 Å². The molecule has 0 spiro atoms. The van der Waals surface area contributed by atoms with Crippen LogP contribution < -0.4 is 10.6 Å². The fraction of sp³-hybridized carbons (Fsp3) is 0.423. The average molecular weight is 436 g/mol. The number of likely N-dealkylation sites (tertiary alicyclic amines) is 1. The lowest BCUT2D eigenvalue weighted by molar-refractivity contribution is -0.124. The normalized spacial score (nSPS) is 14.7. The lowest BCUT2D eigenvalue weighted by Gasteiger charge is -2.27. The number of hydrogen-bond acceptors (Lipinski definition) is 3. The van der Waals surface area contributed by atoms with Crippen molar-refractivity contribution in [1.82, 2.24) is 15.5 Å². The highest BCUT2D eigenvalue weighted by Gasteiger charge is 2.25. The molecule has 1 unspecified atom stereocenters. The van der Waals surface area contributed by atoms with Crippen molar-refractivity contribution in [3.63, 3.8) is 0 Å². The molecule has 1 aliphatic heterocycles. The van der Waals surface area contributed by atoms with Crippen molar-refractivity contribution in [3.05, 3.63) is 70.8 Å². The number of rotatable bonds is 7. The highest BCUT2D eigenvalue weighted by molar-refractivity contribution is 5.97. The summed E-state index contributed by atoms with van der Waals surface area (Å²) in [6.07, 6.45) is 3.27. The van der Waals surface area contributed by atoms with Crippen LogP contribution in [0, 0.1) is 12.8 Å². The molecule has 0 aliphatic carbocycles. The zero-order chi connectivity index (χ0) is 23.1. The molecule has 32 heavy (non-hydrogen) atoms. The van der Waals surface area contributed by atoms with Crippen LogP contribution >= 0.6 is 0 Å². The van der Waals surface area contributed by atoms with Gasteiger partial charge in [0.1, 0.15) is 6.04 Å². The van der Waals surface area contributed by atoms with Crippen LogP contribution in [0.25, 0.3) is 0 Å². The van der Waals surface area contributed by atoms with Gasteiger partial charge in [-0.25, -0.2) is 0 Å². The molecule has 3 rings (SSSR count). The monoisotopic (exact) mass is 435 g/mol. The maximum Gasteiger partial charge on any atom is 0.253 e. The smallest absolute Gasteiger partial charge is 0.253 e. The van der Waals surface area contributed by atoms with Crippen LogP contribution in [0.5, 0.6) is 0 Å². The average Bonchev–Trinajstić information content (AvgIpc) is 2.81. The Morgan fingerprint density at radius 1 is 0.938 bits per heavy atom. The Hall–Kier alpha value is -3.15. The Labute approximate surface area is 190 Å². The van der Waals surface area contributed by atoms with Gasteiger partial charge < -0.3 is 15.5 Å². The standard InChI is InChI=1S/C26H33N3O3/c1-18(2)23(28-24(30)21-12-10-19(3)11-13-21)25(31)27-17-20-8-7-9-22(16-20)26(32)29-14-5-4-6-15-29/h7-13,16,18,23H,4-6,14-15,17H2,1-3H3,(H,27,31)(H,28,30). The molecule has 3 amide bonds. The van der Waals surface area contributed by atoms with Crippen LogP contribution in [0.15, 0.2) is 48.5 Å². The van der Waals surface area contributed by atoms with Crippen molar-refractivity contribution in [2.45, 2.75) is 52.6 Å². The zero-order valence-corrected chi connectivity index (χ0v) is 19.2. The first-order valence-corrected chi connectivity index (χ1v) is 11.4. The van der Waals surface area contributed by atoms with Crippen LogP contribution in [0.4, 0.5) is 0 Å². The van der Waals surface area contributed by atoms with Crippen LogP contribution in [0.3, 0.4) is 0 Å². The molecule has 0 aromatic heterocycles. The summed E-state index contributed by atoms with van der Waals surface area (Å²) in [6, 6.07) is 14.0. The molecule has 0 bridgehead atoms. The summed E-state index contributed by atoms with van der Waals surface area (Å²) >= 11 is 0. The van der Waals surface area contributed by atoms with Crippen molar-refractivity contribution in [3.8, 4) is 0 Å². The third-order valence-electron chi connectivity index (χ3n) is 5.83. The van der Waals surface area contributed by atoms with Crippen molar-refractivity contribution in [2.75, 3.05) is 13.1 Å². The number of carbonyl (C=O) groups excluding carboxylic acids is 3. The van der Waals surface area contributed by atoms with Gasteiger partial charge in [0.15, 0.2) is 0 Å². The number of aryl methyl sites for hydroxylation is 1. The lowest BCUT2D eigenvalue weighted by atomic mass is 10.0. The van der Waals surface area contributed by atoms with Crippen molar-refractivity contribution in [1.29, 1.82) is 0 Å². The molecule has 170 valence electrons. The molecule has 2 N–H and O–H groups in total. The van der Waals surface area contributed by atoms with Gasteiger partial charge in [-0.2, -0.15) is 0 Å². The highest BCUT2D eigenvalue weighted by atomic mass is 16.2. The molecule has 1 fully saturated rings. The van der Waals surface area contributed by atoms with Gasteiger partial charge in [-0.15, -0.1) is 0 Å². The van der Waals surface area contributed by atoms with Gasteiger partial charge >= 0.3 is 0 Å². The zero-order valence-electron chi connectivity index (χ0n) is 19.2. The third kappa shape index (κ3) is 6.19. The molecule has 0 saturated carbocycles. The first kappa shape index (κ1) is 23.5. The number of piperidine rings is 1. The van der Waals surface area contributed by atoms with E-state index in [-0.39, 0.29) is 23.6 Å². The fourth-order valence-corrected chi connectivity index (χ4v) is 3.86. The first-order valence-electron chi connectivity index (χ1n) is 11.4. The minimum atomic E-state index is -0.651. The second-order valence-electron chi connectivity index (χ2n) is 8.83. The van der Waals surface area contributed by atoms with Gasteiger partial charge in [0.05, 0.1) is 0 Å². The van der Waals surface area contributed by atoms with Crippen molar-refractivity contribution >= 4 is 17.7 Å². The second-order valence-corrected chi connectivity index (χ2v) is 8.83. The first-order chi connectivity index (χ1) is 15.3. The van der Waals surface area contributed by atoms with E-state index in [1.807, 2.05) is 62.1 Å². The molecule has 2 aromatic carbocycles. The lowest BCUT2D eigenvalue weighted by Crippen LogP contribution is -2.49. The van der Waals surface area contributed by atoms with Gasteiger partial charge in [-0.05, 0) is 61.9 Å². The van der Waals surface area contributed by atoms with Crippen LogP contribution in [0.1, 0.15) is 65.0 Å². The van der Waals surface area contributed by atoms with E-state index in [2.05, 4.69) is 10.6 Å². The largest absolute Gasteiger partial charge is 0.350 e. The van der Waals surface area contributed by atoms with E-state index in [1.54, 1.807) is 12.1 Å². The molecule has 1 heterocycles. The quantitative estimate of drug-likeness (QED) is 0.696. The predicted octanol–water partition coefficient (Wildman–Crippen LogP) is 3.69. The Kier molecular flexibility index (Phi) is 8.03. The molecule has 6 nitrogen and oxygen atoms in total. The van der Waals surface area contributed by atoms with E-state index in [4.69, 9.17) is 0 Å². The summed E-state index contributed by atoms with van der Waals surface area (Å²) in [4.78, 5) is 40.1. The third-order valence-corrected chi connectivity index (χ3v) is 5.83. The molecule has 0 radical (unpaired) electrons. The molecular weight excluding hydrogens is 402 g/mol. The number of nitrogens with one attached hydrogen (secondary N) is 2. The summed E-state index contributed by atoms with van der Waals surface area (Å²) in [6.45, 7) is 7.66. The summed E-state index contributed by atoms with van der Waals surface area (Å²) in [5, 5.41) is 5.76. The number of hydrogen-bond donors (Lipinski definition) is 2. The van der Waals surface area contributed by atoms with Gasteiger partial charge in [-0.1, -0.05) is 43.7 Å². The van der Waals surface area contributed by atoms with Gasteiger partial charge in [0, 0.05) is 30.8 Å². The molecule has 1 aliphatic rings. The molecule has 1 atom stereocenters. The number of benzene rings is 2. The van der Waals surface area contributed by atoms with E-state index in [0.29, 0.717) is 17.7 Å². The van der Waals surface area contributed by atoms with E-state index in [9.17, 15) is 14.4 Å². The summed E-state index contributed by atoms with van der Waals surface area (Å²) < 4.78 is 0. The Bertz CT molecular complexity index is 947. The topological polar surface area (TPSA) is 78.5 Å². The Morgan fingerprint density at radius 2 is 1.62 bits per heavy atom.